The molecule has 4 aromatic rings. The molecule has 13 nitrogen and oxygen atoms in total. The average Bonchev–Trinajstić information content (AvgIpc) is 3.44. The highest BCUT2D eigenvalue weighted by molar-refractivity contribution is 5.94. The Labute approximate surface area is 267 Å². The SMILES string of the molecule is CN(C)CCNC(=O)c1ccc2c(c1)CC(c1nc3ccc(-c4ccnc(N)n4)cc3[nH]1)CO2.O=C(O)C(F)(F)F.O=C(O)C(F)(F)F. The van der Waals surface area contributed by atoms with Gasteiger partial charge in [-0.25, -0.2) is 24.5 Å². The Kier molecular flexibility index (Phi) is 11.9. The Hall–Kier alpha value is -5.46. The summed E-state index contributed by atoms with van der Waals surface area (Å²) in [7, 11) is 3.96. The second-order valence-electron chi connectivity index (χ2n) is 10.4. The molecular formula is C29H29F6N7O6. The number of carboxylic acid groups (broad SMARTS) is 2. The average molecular weight is 686 g/mol. The van der Waals surface area contributed by atoms with Gasteiger partial charge < -0.3 is 35.9 Å². The van der Waals surface area contributed by atoms with E-state index >= 15 is 0 Å². The molecule has 2 aromatic heterocycles. The number of ether oxygens (including phenoxy) is 1. The normalized spacial score (nSPS) is 14.1. The molecule has 2 aromatic carbocycles. The summed E-state index contributed by atoms with van der Waals surface area (Å²) in [6.45, 7) is 1.92. The molecule has 3 heterocycles. The Bertz CT molecular complexity index is 1740. The number of aromatic amines is 1. The fourth-order valence-electron chi connectivity index (χ4n) is 4.12. The minimum Gasteiger partial charge on any atom is -0.493 e. The minimum absolute atomic E-state index is 0.0603. The summed E-state index contributed by atoms with van der Waals surface area (Å²) >= 11 is 0. The van der Waals surface area contributed by atoms with Crippen molar-refractivity contribution in [3.8, 4) is 17.0 Å². The van der Waals surface area contributed by atoms with Crippen molar-refractivity contribution in [1.82, 2.24) is 30.2 Å². The van der Waals surface area contributed by atoms with Crippen LogP contribution in [0.15, 0.2) is 48.7 Å². The van der Waals surface area contributed by atoms with Crippen molar-refractivity contribution in [2.75, 3.05) is 39.5 Å². The zero-order chi connectivity index (χ0) is 35.8. The Balaban J connectivity index is 0.000000376. The highest BCUT2D eigenvalue weighted by atomic mass is 19.4. The van der Waals surface area contributed by atoms with Crippen molar-refractivity contribution >= 4 is 34.8 Å². The summed E-state index contributed by atoms with van der Waals surface area (Å²) in [6, 6.07) is 13.4. The second kappa shape index (κ2) is 15.4. The monoisotopic (exact) mass is 685 g/mol. The number of H-pyrrole nitrogens is 1. The molecule has 1 amide bonds. The van der Waals surface area contributed by atoms with Gasteiger partial charge in [0.2, 0.25) is 5.95 Å². The molecule has 0 saturated carbocycles. The van der Waals surface area contributed by atoms with Gasteiger partial charge in [-0.3, -0.25) is 4.79 Å². The van der Waals surface area contributed by atoms with Crippen LogP contribution in [0.2, 0.25) is 0 Å². The van der Waals surface area contributed by atoms with Gasteiger partial charge in [-0.05, 0) is 62.5 Å². The molecule has 5 rings (SSSR count). The van der Waals surface area contributed by atoms with E-state index in [0.29, 0.717) is 18.7 Å². The number of anilines is 1. The van der Waals surface area contributed by atoms with Crippen LogP contribution in [0.4, 0.5) is 32.3 Å². The molecule has 0 fully saturated rings. The summed E-state index contributed by atoms with van der Waals surface area (Å²) in [5, 5.41) is 17.2. The number of alkyl halides is 6. The van der Waals surface area contributed by atoms with Gasteiger partial charge >= 0.3 is 24.3 Å². The van der Waals surface area contributed by atoms with Crippen molar-refractivity contribution in [3.05, 3.63) is 65.6 Å². The molecular weight excluding hydrogens is 656 g/mol. The molecule has 0 bridgehead atoms. The number of amides is 1. The number of benzene rings is 2. The van der Waals surface area contributed by atoms with Crippen molar-refractivity contribution in [2.45, 2.75) is 24.7 Å². The first-order valence-electron chi connectivity index (χ1n) is 13.7. The van der Waals surface area contributed by atoms with E-state index in [0.717, 1.165) is 52.4 Å². The Morgan fingerprint density at radius 1 is 1.00 bits per heavy atom. The largest absolute Gasteiger partial charge is 0.493 e. The topological polar surface area (TPSA) is 197 Å². The Morgan fingerprint density at radius 2 is 1.65 bits per heavy atom. The zero-order valence-corrected chi connectivity index (χ0v) is 25.2. The number of imidazole rings is 1. The molecule has 0 aliphatic carbocycles. The van der Waals surface area contributed by atoms with E-state index in [1.165, 1.54) is 0 Å². The number of nitrogens with two attached hydrogens (primary N) is 1. The van der Waals surface area contributed by atoms with Crippen LogP contribution >= 0.6 is 0 Å². The van der Waals surface area contributed by atoms with Crippen LogP contribution in [0.3, 0.4) is 0 Å². The quantitative estimate of drug-likeness (QED) is 0.185. The lowest BCUT2D eigenvalue weighted by molar-refractivity contribution is -0.193. The standard InChI is InChI=1S/C25H27N7O2.2C2HF3O2/c1-32(2)10-9-27-24(33)16-4-6-22-17(11-16)12-18(14-34-22)23-29-20-5-3-15(13-21(20)30-23)19-7-8-28-25(26)31-19;2*3-2(4,5)1(6)7/h3-8,11,13,18H,9-10,12,14H2,1-2H3,(H,27,33)(H,29,30)(H2,26,28,31);2*(H,6,7). The molecule has 48 heavy (non-hydrogen) atoms. The smallest absolute Gasteiger partial charge is 0.490 e. The zero-order valence-electron chi connectivity index (χ0n) is 25.2. The molecule has 19 heteroatoms. The number of nitrogens with one attached hydrogen (secondary N) is 2. The lowest BCUT2D eigenvalue weighted by atomic mass is 9.94. The summed E-state index contributed by atoms with van der Waals surface area (Å²) in [5.74, 6) is -3.60. The van der Waals surface area contributed by atoms with Crippen molar-refractivity contribution in [2.24, 2.45) is 0 Å². The molecule has 6 N–H and O–H groups in total. The predicted molar refractivity (Wildman–Crippen MR) is 158 cm³/mol. The van der Waals surface area contributed by atoms with Gasteiger partial charge in [0, 0.05) is 30.4 Å². The third kappa shape index (κ3) is 10.5. The predicted octanol–water partition coefficient (Wildman–Crippen LogP) is 3.88. The molecule has 0 radical (unpaired) electrons. The summed E-state index contributed by atoms with van der Waals surface area (Å²) in [6.07, 6.45) is -7.78. The third-order valence-electron chi connectivity index (χ3n) is 6.42. The van der Waals surface area contributed by atoms with Gasteiger partial charge in [0.15, 0.2) is 0 Å². The van der Waals surface area contributed by atoms with Crippen molar-refractivity contribution in [3.63, 3.8) is 0 Å². The number of aliphatic carboxylic acids is 2. The number of aromatic nitrogens is 4. The minimum atomic E-state index is -5.08. The van der Waals surface area contributed by atoms with Crippen LogP contribution in [0.1, 0.15) is 27.7 Å². The van der Waals surface area contributed by atoms with Gasteiger partial charge in [0.25, 0.3) is 5.91 Å². The number of carbonyl (C=O) groups excluding carboxylic acids is 1. The van der Waals surface area contributed by atoms with Gasteiger partial charge in [-0.2, -0.15) is 26.3 Å². The van der Waals surface area contributed by atoms with Crippen molar-refractivity contribution in [1.29, 1.82) is 0 Å². The van der Waals surface area contributed by atoms with E-state index in [2.05, 4.69) is 20.3 Å². The number of fused-ring (bicyclic) bond motifs is 2. The van der Waals surface area contributed by atoms with Crippen LogP contribution in [0.25, 0.3) is 22.3 Å². The van der Waals surface area contributed by atoms with Gasteiger partial charge in [-0.15, -0.1) is 0 Å². The van der Waals surface area contributed by atoms with Gasteiger partial charge in [0.05, 0.1) is 29.3 Å². The lowest BCUT2D eigenvalue weighted by Crippen LogP contribution is -2.31. The number of carbonyl (C=O) groups is 3. The van der Waals surface area contributed by atoms with Crippen LogP contribution in [-0.2, 0) is 16.0 Å². The molecule has 1 unspecified atom stereocenters. The Morgan fingerprint density at radius 3 is 2.23 bits per heavy atom. The summed E-state index contributed by atoms with van der Waals surface area (Å²) in [5.41, 5.74) is 10.9. The van der Waals surface area contributed by atoms with Crippen LogP contribution in [0, 0.1) is 0 Å². The maximum atomic E-state index is 12.5. The molecule has 1 atom stereocenters. The molecule has 0 saturated heterocycles. The number of rotatable bonds is 6. The van der Waals surface area contributed by atoms with Crippen LogP contribution < -0.4 is 15.8 Å². The number of likely N-dealkylation sites (N-methyl/N-ethyl adjacent to an activating group) is 1. The van der Waals surface area contributed by atoms with Gasteiger partial charge in [0.1, 0.15) is 11.6 Å². The first-order valence-corrected chi connectivity index (χ1v) is 13.7. The highest BCUT2D eigenvalue weighted by Crippen LogP contribution is 2.33. The molecule has 0 spiro atoms. The van der Waals surface area contributed by atoms with Crippen molar-refractivity contribution < 1.29 is 55.7 Å². The van der Waals surface area contributed by atoms with Crippen LogP contribution in [-0.4, -0.2) is 99.0 Å². The number of halogens is 6. The van der Waals surface area contributed by atoms with E-state index < -0.39 is 24.3 Å². The maximum absolute atomic E-state index is 12.5. The highest BCUT2D eigenvalue weighted by Gasteiger charge is 2.39. The van der Waals surface area contributed by atoms with E-state index in [-0.39, 0.29) is 17.8 Å². The summed E-state index contributed by atoms with van der Waals surface area (Å²) < 4.78 is 69.5. The van der Waals surface area contributed by atoms with E-state index in [1.54, 1.807) is 6.20 Å². The maximum Gasteiger partial charge on any atom is 0.490 e. The molecule has 1 aliphatic heterocycles. The first-order chi connectivity index (χ1) is 22.3. The molecule has 258 valence electrons. The number of carboxylic acids is 2. The third-order valence-corrected chi connectivity index (χ3v) is 6.42. The van der Waals surface area contributed by atoms with Crippen LogP contribution in [0.5, 0.6) is 5.75 Å². The second-order valence-corrected chi connectivity index (χ2v) is 10.4. The van der Waals surface area contributed by atoms with E-state index in [1.807, 2.05) is 61.5 Å². The lowest BCUT2D eigenvalue weighted by Gasteiger charge is -2.24. The number of nitrogen functional groups attached to an aromatic ring is 1. The number of nitrogens with zero attached hydrogens (tertiary/aromatic N) is 4. The fraction of sp³-hybridized carbons (Fsp3) is 0.310. The molecule has 1 aliphatic rings. The van der Waals surface area contributed by atoms with E-state index in [4.69, 9.17) is 35.3 Å². The first kappa shape index (κ1) is 37.0. The fourth-order valence-corrected chi connectivity index (χ4v) is 4.12. The summed E-state index contributed by atoms with van der Waals surface area (Å²) in [4.78, 5) is 48.9. The number of hydrogen-bond donors (Lipinski definition) is 5. The number of hydrogen-bond acceptors (Lipinski definition) is 9. The van der Waals surface area contributed by atoms with E-state index in [9.17, 15) is 31.1 Å². The van der Waals surface area contributed by atoms with Gasteiger partial charge in [-0.1, -0.05) is 6.07 Å².